The van der Waals surface area contributed by atoms with Gasteiger partial charge in [-0.05, 0) is 56.0 Å². The van der Waals surface area contributed by atoms with E-state index in [1.807, 2.05) is 34.1 Å². The predicted octanol–water partition coefficient (Wildman–Crippen LogP) is 4.53. The zero-order valence-electron chi connectivity index (χ0n) is 16.4. The molecular weight excluding hydrogens is 350 g/mol. The van der Waals surface area contributed by atoms with E-state index in [1.165, 1.54) is 11.1 Å². The summed E-state index contributed by atoms with van der Waals surface area (Å²) in [5.74, 6) is 0.565. The highest BCUT2D eigenvalue weighted by Gasteiger charge is 2.25. The predicted molar refractivity (Wildman–Crippen MR) is 112 cm³/mol. The number of benzene rings is 2. The van der Waals surface area contributed by atoms with Crippen LogP contribution in [0.5, 0.6) is 0 Å². The van der Waals surface area contributed by atoms with Gasteiger partial charge >= 0.3 is 6.03 Å². The number of anilines is 2. The molecule has 2 aromatic rings. The molecule has 2 saturated heterocycles. The van der Waals surface area contributed by atoms with Crippen molar-refractivity contribution in [2.24, 2.45) is 0 Å². The molecule has 2 aromatic carbocycles. The fourth-order valence-electron chi connectivity index (χ4n) is 4.21. The number of carbonyl (C=O) groups is 2. The average Bonchev–Trinajstić information content (AvgIpc) is 3.14. The summed E-state index contributed by atoms with van der Waals surface area (Å²) in [7, 11) is 0. The molecule has 0 aliphatic carbocycles. The Morgan fingerprint density at radius 3 is 2.61 bits per heavy atom. The number of nitrogens with one attached hydrogen (secondary N) is 1. The molecule has 1 N–H and O–H groups in total. The van der Waals surface area contributed by atoms with E-state index in [0.29, 0.717) is 12.3 Å². The quantitative estimate of drug-likeness (QED) is 0.854. The van der Waals surface area contributed by atoms with E-state index in [1.54, 1.807) is 0 Å². The van der Waals surface area contributed by atoms with Crippen LogP contribution in [0.3, 0.4) is 0 Å². The first-order valence-electron chi connectivity index (χ1n) is 10.1. The minimum atomic E-state index is -0.0534. The summed E-state index contributed by atoms with van der Waals surface area (Å²) < 4.78 is 0. The molecule has 0 saturated carbocycles. The SMILES string of the molecule is Cc1cccc(C2CCCN(C(=O)Nc3ccc(N4CCCC4=O)cc3)C2)c1. The summed E-state index contributed by atoms with van der Waals surface area (Å²) >= 11 is 0. The summed E-state index contributed by atoms with van der Waals surface area (Å²) in [6, 6.07) is 16.1. The molecular formula is C23H27N3O2. The highest BCUT2D eigenvalue weighted by molar-refractivity contribution is 5.96. The number of hydrogen-bond donors (Lipinski definition) is 1. The smallest absolute Gasteiger partial charge is 0.321 e. The van der Waals surface area contributed by atoms with Gasteiger partial charge in [0, 0.05) is 43.3 Å². The van der Waals surface area contributed by atoms with Gasteiger partial charge in [-0.15, -0.1) is 0 Å². The molecule has 1 unspecified atom stereocenters. The Labute approximate surface area is 166 Å². The topological polar surface area (TPSA) is 52.7 Å². The summed E-state index contributed by atoms with van der Waals surface area (Å²) in [5.41, 5.74) is 4.24. The van der Waals surface area contributed by atoms with Gasteiger partial charge in [0.05, 0.1) is 0 Å². The fraction of sp³-hybridized carbons (Fsp3) is 0.391. The first kappa shape index (κ1) is 18.5. The van der Waals surface area contributed by atoms with E-state index in [9.17, 15) is 9.59 Å². The van der Waals surface area contributed by atoms with Gasteiger partial charge in [0.2, 0.25) is 5.91 Å². The Kier molecular flexibility index (Phi) is 5.33. The van der Waals surface area contributed by atoms with Gasteiger partial charge in [-0.2, -0.15) is 0 Å². The number of rotatable bonds is 3. The van der Waals surface area contributed by atoms with Gasteiger partial charge in [-0.1, -0.05) is 29.8 Å². The Morgan fingerprint density at radius 1 is 1.07 bits per heavy atom. The van der Waals surface area contributed by atoms with Crippen LogP contribution in [0, 0.1) is 6.92 Å². The Hall–Kier alpha value is -2.82. The molecule has 2 fully saturated rings. The first-order valence-corrected chi connectivity index (χ1v) is 10.1. The van der Waals surface area contributed by atoms with Crippen molar-refractivity contribution < 1.29 is 9.59 Å². The van der Waals surface area contributed by atoms with Gasteiger partial charge < -0.3 is 15.1 Å². The van der Waals surface area contributed by atoms with Crippen molar-refractivity contribution in [2.45, 2.75) is 38.5 Å². The average molecular weight is 377 g/mol. The lowest BCUT2D eigenvalue weighted by molar-refractivity contribution is -0.117. The lowest BCUT2D eigenvalue weighted by Crippen LogP contribution is -2.41. The number of carbonyl (C=O) groups excluding carboxylic acids is 2. The van der Waals surface area contributed by atoms with Crippen LogP contribution < -0.4 is 10.2 Å². The molecule has 0 bridgehead atoms. The Morgan fingerprint density at radius 2 is 1.89 bits per heavy atom. The van der Waals surface area contributed by atoms with Crippen LogP contribution in [-0.4, -0.2) is 36.5 Å². The van der Waals surface area contributed by atoms with E-state index < -0.39 is 0 Å². The third-order valence-corrected chi connectivity index (χ3v) is 5.73. The number of amides is 3. The zero-order valence-corrected chi connectivity index (χ0v) is 16.4. The van der Waals surface area contributed by atoms with Gasteiger partial charge in [0.15, 0.2) is 0 Å². The Balaban J connectivity index is 1.38. The van der Waals surface area contributed by atoms with Gasteiger partial charge in [0.25, 0.3) is 0 Å². The maximum absolute atomic E-state index is 12.8. The maximum Gasteiger partial charge on any atom is 0.321 e. The molecule has 1 atom stereocenters. The largest absolute Gasteiger partial charge is 0.324 e. The van der Waals surface area contributed by atoms with Crippen molar-refractivity contribution in [1.29, 1.82) is 0 Å². The van der Waals surface area contributed by atoms with Crippen molar-refractivity contribution in [1.82, 2.24) is 4.90 Å². The van der Waals surface area contributed by atoms with E-state index in [4.69, 9.17) is 0 Å². The minimum Gasteiger partial charge on any atom is -0.324 e. The molecule has 2 aliphatic rings. The molecule has 0 aromatic heterocycles. The third-order valence-electron chi connectivity index (χ3n) is 5.73. The zero-order chi connectivity index (χ0) is 19.5. The van der Waals surface area contributed by atoms with Gasteiger partial charge in [-0.25, -0.2) is 4.79 Å². The summed E-state index contributed by atoms with van der Waals surface area (Å²) in [6.45, 7) is 4.42. The molecule has 2 heterocycles. The van der Waals surface area contributed by atoms with E-state index in [-0.39, 0.29) is 11.9 Å². The van der Waals surface area contributed by atoms with Crippen molar-refractivity contribution in [3.63, 3.8) is 0 Å². The van der Waals surface area contributed by atoms with Gasteiger partial charge in [-0.3, -0.25) is 4.79 Å². The number of nitrogens with zero attached hydrogens (tertiary/aromatic N) is 2. The fourth-order valence-corrected chi connectivity index (χ4v) is 4.21. The minimum absolute atomic E-state index is 0.0534. The molecule has 0 spiro atoms. The van der Waals surface area contributed by atoms with E-state index in [2.05, 4.69) is 36.5 Å². The highest BCUT2D eigenvalue weighted by Crippen LogP contribution is 2.28. The second-order valence-corrected chi connectivity index (χ2v) is 7.83. The van der Waals surface area contributed by atoms with Crippen LogP contribution in [0.4, 0.5) is 16.2 Å². The maximum atomic E-state index is 12.8. The van der Waals surface area contributed by atoms with Crippen LogP contribution in [0.2, 0.25) is 0 Å². The third kappa shape index (κ3) is 4.03. The lowest BCUT2D eigenvalue weighted by atomic mass is 9.90. The molecule has 4 rings (SSSR count). The van der Waals surface area contributed by atoms with Gasteiger partial charge in [0.1, 0.15) is 0 Å². The standard InChI is InChI=1S/C23H27N3O2/c1-17-5-2-6-18(15-17)19-7-3-13-25(16-19)23(28)24-20-9-11-21(12-10-20)26-14-4-8-22(26)27/h2,5-6,9-12,15,19H,3-4,7-8,13-14,16H2,1H3,(H,24,28). The number of likely N-dealkylation sites (tertiary alicyclic amines) is 1. The van der Waals surface area contributed by atoms with Crippen molar-refractivity contribution in [3.8, 4) is 0 Å². The van der Waals surface area contributed by atoms with Crippen molar-refractivity contribution >= 4 is 23.3 Å². The lowest BCUT2D eigenvalue weighted by Gasteiger charge is -2.33. The molecule has 3 amide bonds. The molecule has 0 radical (unpaired) electrons. The van der Waals surface area contributed by atoms with Crippen LogP contribution in [0.15, 0.2) is 48.5 Å². The summed E-state index contributed by atoms with van der Waals surface area (Å²) in [5, 5.41) is 3.01. The van der Waals surface area contributed by atoms with Crippen LogP contribution >= 0.6 is 0 Å². The monoisotopic (exact) mass is 377 g/mol. The number of piperidine rings is 1. The highest BCUT2D eigenvalue weighted by atomic mass is 16.2. The molecule has 5 nitrogen and oxygen atoms in total. The molecule has 5 heteroatoms. The first-order chi connectivity index (χ1) is 13.6. The van der Waals surface area contributed by atoms with E-state index in [0.717, 1.165) is 50.3 Å². The number of aryl methyl sites for hydroxylation is 1. The van der Waals surface area contributed by atoms with Crippen molar-refractivity contribution in [3.05, 3.63) is 59.7 Å². The van der Waals surface area contributed by atoms with Crippen LogP contribution in [0.25, 0.3) is 0 Å². The van der Waals surface area contributed by atoms with Crippen LogP contribution in [0.1, 0.15) is 42.7 Å². The van der Waals surface area contributed by atoms with Crippen LogP contribution in [-0.2, 0) is 4.79 Å². The molecule has 2 aliphatic heterocycles. The summed E-state index contributed by atoms with van der Waals surface area (Å²) in [6.07, 6.45) is 3.66. The Bertz CT molecular complexity index is 862. The van der Waals surface area contributed by atoms with Crippen molar-refractivity contribution in [2.75, 3.05) is 29.9 Å². The van der Waals surface area contributed by atoms with E-state index >= 15 is 0 Å². The summed E-state index contributed by atoms with van der Waals surface area (Å²) in [4.78, 5) is 28.3. The number of urea groups is 1. The number of hydrogen-bond acceptors (Lipinski definition) is 2. The second-order valence-electron chi connectivity index (χ2n) is 7.83. The normalized spacial score (nSPS) is 19.8. The molecule has 28 heavy (non-hydrogen) atoms. The second kappa shape index (κ2) is 8.05. The molecule has 146 valence electrons.